The van der Waals surface area contributed by atoms with Gasteiger partial charge in [0.1, 0.15) is 0 Å². The highest BCUT2D eigenvalue weighted by molar-refractivity contribution is 5.89. The van der Waals surface area contributed by atoms with E-state index in [4.69, 9.17) is 4.74 Å². The van der Waals surface area contributed by atoms with Gasteiger partial charge in [0, 0.05) is 35.6 Å². The average Bonchev–Trinajstić information content (AvgIpc) is 3.16. The number of nitrogens with one attached hydrogen (secondary N) is 2. The Morgan fingerprint density at radius 2 is 1.69 bits per heavy atom. The van der Waals surface area contributed by atoms with Gasteiger partial charge in [-0.25, -0.2) is 0 Å². The molecule has 1 aliphatic heterocycles. The topological polar surface area (TPSA) is 61.1 Å². The molecule has 0 spiro atoms. The Bertz CT molecular complexity index is 1200. The van der Waals surface area contributed by atoms with E-state index in [1.54, 1.807) is 0 Å². The molecule has 3 heterocycles. The summed E-state index contributed by atoms with van der Waals surface area (Å²) in [5.74, 6) is 0. The standard InChI is InChI=1S/C23H23N3O2.CH4/c1-15(26-8-10-28-11-9-26)16-6-7-21-18(12-16)14-22(24-21)19-13-17-4-2-3-5-20(17)25-23(19)27;/h2-7,12-15,24H,8-11H2,1H3,(H,25,27);1H4. The first-order chi connectivity index (χ1) is 13.7. The van der Waals surface area contributed by atoms with Crippen LogP contribution in [0.5, 0.6) is 0 Å². The van der Waals surface area contributed by atoms with Crippen LogP contribution in [-0.2, 0) is 4.74 Å². The number of aromatic amines is 2. The molecule has 2 aromatic carbocycles. The highest BCUT2D eigenvalue weighted by Crippen LogP contribution is 2.28. The van der Waals surface area contributed by atoms with E-state index in [9.17, 15) is 4.79 Å². The van der Waals surface area contributed by atoms with Crippen LogP contribution in [0.2, 0.25) is 0 Å². The van der Waals surface area contributed by atoms with E-state index in [1.807, 2.05) is 30.3 Å². The molecule has 2 aromatic heterocycles. The highest BCUT2D eigenvalue weighted by Gasteiger charge is 2.19. The Kier molecular flexibility index (Phi) is 5.26. The van der Waals surface area contributed by atoms with E-state index >= 15 is 0 Å². The van der Waals surface area contributed by atoms with Crippen molar-refractivity contribution in [3.8, 4) is 11.3 Å². The molecule has 1 aliphatic rings. The zero-order valence-corrected chi connectivity index (χ0v) is 15.9. The van der Waals surface area contributed by atoms with Gasteiger partial charge in [-0.3, -0.25) is 9.69 Å². The minimum atomic E-state index is -0.0767. The van der Waals surface area contributed by atoms with Gasteiger partial charge in [-0.1, -0.05) is 31.7 Å². The molecule has 5 nitrogen and oxygen atoms in total. The lowest BCUT2D eigenvalue weighted by Crippen LogP contribution is -2.37. The fourth-order valence-corrected chi connectivity index (χ4v) is 4.08. The number of aromatic nitrogens is 2. The summed E-state index contributed by atoms with van der Waals surface area (Å²) in [7, 11) is 0. The van der Waals surface area contributed by atoms with Gasteiger partial charge < -0.3 is 14.7 Å². The van der Waals surface area contributed by atoms with Crippen molar-refractivity contribution in [1.82, 2.24) is 14.9 Å². The van der Waals surface area contributed by atoms with Crippen molar-refractivity contribution in [3.63, 3.8) is 0 Å². The predicted octanol–water partition coefficient (Wildman–Crippen LogP) is 4.71. The van der Waals surface area contributed by atoms with E-state index in [2.05, 4.69) is 46.1 Å². The van der Waals surface area contributed by atoms with Crippen LogP contribution in [0.3, 0.4) is 0 Å². The molecule has 1 fully saturated rings. The minimum Gasteiger partial charge on any atom is -0.379 e. The number of benzene rings is 2. The number of nitrogens with zero attached hydrogens (tertiary/aromatic N) is 1. The molecule has 1 atom stereocenters. The zero-order valence-electron chi connectivity index (χ0n) is 15.9. The van der Waals surface area contributed by atoms with E-state index in [0.717, 1.165) is 53.8 Å². The van der Waals surface area contributed by atoms with Crippen molar-refractivity contribution in [1.29, 1.82) is 0 Å². The van der Waals surface area contributed by atoms with Gasteiger partial charge in [-0.05, 0) is 48.2 Å². The van der Waals surface area contributed by atoms with Crippen LogP contribution in [0.25, 0.3) is 33.1 Å². The summed E-state index contributed by atoms with van der Waals surface area (Å²) < 4.78 is 5.47. The largest absolute Gasteiger partial charge is 0.379 e. The molecule has 5 heteroatoms. The monoisotopic (exact) mass is 389 g/mol. The highest BCUT2D eigenvalue weighted by atomic mass is 16.5. The van der Waals surface area contributed by atoms with Crippen LogP contribution in [0.15, 0.2) is 59.4 Å². The van der Waals surface area contributed by atoms with E-state index in [1.165, 1.54) is 5.56 Å². The lowest BCUT2D eigenvalue weighted by Gasteiger charge is -2.32. The third kappa shape index (κ3) is 3.59. The molecule has 0 amide bonds. The van der Waals surface area contributed by atoms with Crippen molar-refractivity contribution in [2.24, 2.45) is 0 Å². The van der Waals surface area contributed by atoms with Gasteiger partial charge in [0.2, 0.25) is 0 Å². The molecule has 2 N–H and O–H groups in total. The Balaban J connectivity index is 0.00000205. The van der Waals surface area contributed by atoms with E-state index in [0.29, 0.717) is 11.6 Å². The Hall–Kier alpha value is -2.89. The molecule has 0 saturated carbocycles. The van der Waals surface area contributed by atoms with Crippen molar-refractivity contribution in [2.75, 3.05) is 26.3 Å². The Morgan fingerprint density at radius 1 is 0.931 bits per heavy atom. The number of hydrogen-bond acceptors (Lipinski definition) is 3. The van der Waals surface area contributed by atoms with Crippen LogP contribution < -0.4 is 5.56 Å². The summed E-state index contributed by atoms with van der Waals surface area (Å²) in [5, 5.41) is 2.15. The van der Waals surface area contributed by atoms with Crippen LogP contribution in [0, 0.1) is 0 Å². The number of pyridine rings is 1. The smallest absolute Gasteiger partial charge is 0.257 e. The Labute approximate surface area is 170 Å². The first-order valence-electron chi connectivity index (χ1n) is 9.76. The number of ether oxygens (including phenoxy) is 1. The molecule has 150 valence electrons. The summed E-state index contributed by atoms with van der Waals surface area (Å²) >= 11 is 0. The molecule has 0 aliphatic carbocycles. The molecule has 5 rings (SSSR count). The number of morpholine rings is 1. The predicted molar refractivity (Wildman–Crippen MR) is 119 cm³/mol. The summed E-state index contributed by atoms with van der Waals surface area (Å²) in [6.07, 6.45) is 0. The van der Waals surface area contributed by atoms with Crippen LogP contribution >= 0.6 is 0 Å². The normalized spacial score (nSPS) is 16.0. The van der Waals surface area contributed by atoms with Crippen molar-refractivity contribution < 1.29 is 4.74 Å². The lowest BCUT2D eigenvalue weighted by molar-refractivity contribution is 0.0199. The molecule has 0 radical (unpaired) electrons. The summed E-state index contributed by atoms with van der Waals surface area (Å²) in [6.45, 7) is 5.76. The average molecular weight is 389 g/mol. The number of rotatable bonds is 3. The molecule has 1 unspecified atom stereocenters. The van der Waals surface area contributed by atoms with E-state index in [-0.39, 0.29) is 13.0 Å². The Morgan fingerprint density at radius 3 is 2.52 bits per heavy atom. The fraction of sp³-hybridized carbons (Fsp3) is 0.292. The van der Waals surface area contributed by atoms with Gasteiger partial charge >= 0.3 is 0 Å². The van der Waals surface area contributed by atoms with Gasteiger partial charge in [-0.15, -0.1) is 0 Å². The molecule has 29 heavy (non-hydrogen) atoms. The zero-order chi connectivity index (χ0) is 19.1. The van der Waals surface area contributed by atoms with Crippen LogP contribution in [-0.4, -0.2) is 41.2 Å². The fourth-order valence-electron chi connectivity index (χ4n) is 4.08. The second-order valence-electron chi connectivity index (χ2n) is 7.45. The quantitative estimate of drug-likeness (QED) is 0.534. The molecule has 1 saturated heterocycles. The molecular formula is C24H27N3O2. The third-order valence-corrected chi connectivity index (χ3v) is 5.76. The second kappa shape index (κ2) is 7.85. The maximum atomic E-state index is 12.6. The SMILES string of the molecule is C.CC(c1ccc2[nH]c(-c3cc4ccccc4[nH]c3=O)cc2c1)N1CCOCC1. The van der Waals surface area contributed by atoms with Crippen molar-refractivity contribution >= 4 is 21.8 Å². The first kappa shape index (κ1) is 19.4. The number of hydrogen-bond donors (Lipinski definition) is 2. The van der Waals surface area contributed by atoms with Gasteiger partial charge in [0.25, 0.3) is 5.56 Å². The lowest BCUT2D eigenvalue weighted by atomic mass is 10.0. The van der Waals surface area contributed by atoms with Crippen molar-refractivity contribution in [2.45, 2.75) is 20.4 Å². The summed E-state index contributed by atoms with van der Waals surface area (Å²) in [6, 6.07) is 18.7. The third-order valence-electron chi connectivity index (χ3n) is 5.76. The minimum absolute atomic E-state index is 0. The summed E-state index contributed by atoms with van der Waals surface area (Å²) in [5.41, 5.74) is 4.62. The van der Waals surface area contributed by atoms with Crippen LogP contribution in [0.1, 0.15) is 26.0 Å². The molecular weight excluding hydrogens is 362 g/mol. The van der Waals surface area contributed by atoms with Gasteiger partial charge in [-0.2, -0.15) is 0 Å². The van der Waals surface area contributed by atoms with Crippen LogP contribution in [0.4, 0.5) is 0 Å². The number of fused-ring (bicyclic) bond motifs is 2. The molecule has 0 bridgehead atoms. The molecule has 4 aromatic rings. The maximum Gasteiger partial charge on any atom is 0.257 e. The maximum absolute atomic E-state index is 12.6. The number of H-pyrrole nitrogens is 2. The number of para-hydroxylation sites is 1. The summed E-state index contributed by atoms with van der Waals surface area (Å²) in [4.78, 5) is 21.4. The second-order valence-corrected chi connectivity index (χ2v) is 7.45. The van der Waals surface area contributed by atoms with Gasteiger partial charge in [0.05, 0.1) is 24.5 Å². The van der Waals surface area contributed by atoms with Crippen molar-refractivity contribution in [3.05, 3.63) is 70.5 Å². The van der Waals surface area contributed by atoms with Gasteiger partial charge in [0.15, 0.2) is 0 Å². The van der Waals surface area contributed by atoms with E-state index < -0.39 is 0 Å². The first-order valence-corrected chi connectivity index (χ1v) is 9.76.